The van der Waals surface area contributed by atoms with E-state index in [1.165, 1.54) is 6.20 Å². The first-order chi connectivity index (χ1) is 12.2. The first kappa shape index (κ1) is 16.4. The Morgan fingerprint density at radius 1 is 1.08 bits per heavy atom. The van der Waals surface area contributed by atoms with Gasteiger partial charge in [0.05, 0.1) is 19.3 Å². The molecule has 1 aromatic carbocycles. The van der Waals surface area contributed by atoms with E-state index >= 15 is 0 Å². The summed E-state index contributed by atoms with van der Waals surface area (Å²) in [5.74, 6) is 0.707. The second kappa shape index (κ2) is 7.87. The third-order valence-electron chi connectivity index (χ3n) is 3.37. The highest BCUT2D eigenvalue weighted by Crippen LogP contribution is 2.17. The van der Waals surface area contributed by atoms with Crippen molar-refractivity contribution in [2.24, 2.45) is 0 Å². The minimum atomic E-state index is -0.323. The maximum Gasteiger partial charge on any atom is 0.274 e. The minimum Gasteiger partial charge on any atom is -0.497 e. The molecule has 0 saturated heterocycles. The molecule has 0 aliphatic carbocycles. The van der Waals surface area contributed by atoms with Gasteiger partial charge >= 0.3 is 0 Å². The second-order valence-corrected chi connectivity index (χ2v) is 5.13. The molecule has 1 amide bonds. The molecule has 2 heterocycles. The van der Waals surface area contributed by atoms with Crippen molar-refractivity contribution in [3.63, 3.8) is 0 Å². The molecule has 3 rings (SSSR count). The van der Waals surface area contributed by atoms with Gasteiger partial charge in [-0.1, -0.05) is 12.1 Å². The van der Waals surface area contributed by atoms with Crippen LogP contribution in [0.5, 0.6) is 5.75 Å². The van der Waals surface area contributed by atoms with Crippen LogP contribution in [0.25, 0.3) is 0 Å². The molecule has 0 saturated carbocycles. The van der Waals surface area contributed by atoms with Crippen LogP contribution in [0.15, 0.2) is 60.9 Å². The first-order valence-corrected chi connectivity index (χ1v) is 7.67. The molecule has 0 bridgehead atoms. The quantitative estimate of drug-likeness (QED) is 0.720. The molecule has 3 aromatic rings. The zero-order valence-electron chi connectivity index (χ0n) is 13.6. The summed E-state index contributed by atoms with van der Waals surface area (Å²) in [7, 11) is 1.57. The van der Waals surface area contributed by atoms with Crippen molar-refractivity contribution in [1.82, 2.24) is 15.0 Å². The van der Waals surface area contributed by atoms with Crippen molar-refractivity contribution in [2.75, 3.05) is 17.7 Å². The predicted octanol–water partition coefficient (Wildman–Crippen LogP) is 2.74. The molecule has 2 aromatic heterocycles. The number of anilines is 2. The van der Waals surface area contributed by atoms with Crippen molar-refractivity contribution in [3.05, 3.63) is 72.3 Å². The molecule has 7 heteroatoms. The number of nitrogens with zero attached hydrogens (tertiary/aromatic N) is 3. The molecule has 25 heavy (non-hydrogen) atoms. The first-order valence-electron chi connectivity index (χ1n) is 7.67. The van der Waals surface area contributed by atoms with E-state index in [0.717, 1.165) is 5.69 Å². The van der Waals surface area contributed by atoms with E-state index < -0.39 is 0 Å². The summed E-state index contributed by atoms with van der Waals surface area (Å²) in [6.07, 6.45) is 3.25. The molecule has 0 aliphatic rings. The molecule has 2 N–H and O–H groups in total. The standard InChI is InChI=1S/C18H17N5O2/c1-25-15-7-4-6-13(11-15)22-17(24)16-8-10-20-18(23-16)21-12-14-5-2-3-9-19-14/h2-11H,12H2,1H3,(H,22,24)(H,20,21,23). The van der Waals surface area contributed by atoms with Gasteiger partial charge in [0, 0.05) is 24.1 Å². The van der Waals surface area contributed by atoms with Gasteiger partial charge in [-0.3, -0.25) is 9.78 Å². The van der Waals surface area contributed by atoms with Gasteiger partial charge in [-0.2, -0.15) is 0 Å². The summed E-state index contributed by atoms with van der Waals surface area (Å²) in [6.45, 7) is 0.474. The van der Waals surface area contributed by atoms with Crippen molar-refractivity contribution < 1.29 is 9.53 Å². The minimum absolute atomic E-state index is 0.265. The Morgan fingerprint density at radius 2 is 2.00 bits per heavy atom. The van der Waals surface area contributed by atoms with E-state index in [1.54, 1.807) is 43.6 Å². The predicted molar refractivity (Wildman–Crippen MR) is 94.5 cm³/mol. The lowest BCUT2D eigenvalue weighted by molar-refractivity contribution is 0.102. The van der Waals surface area contributed by atoms with E-state index in [9.17, 15) is 4.79 Å². The third kappa shape index (κ3) is 4.51. The smallest absolute Gasteiger partial charge is 0.274 e. The molecule has 0 atom stereocenters. The lowest BCUT2D eigenvalue weighted by atomic mass is 10.3. The van der Waals surface area contributed by atoms with Crippen molar-refractivity contribution in [3.8, 4) is 5.75 Å². The highest BCUT2D eigenvalue weighted by atomic mass is 16.5. The number of carbonyl (C=O) groups excluding carboxylic acids is 1. The molecule has 126 valence electrons. The van der Waals surface area contributed by atoms with Crippen LogP contribution in [-0.2, 0) is 6.54 Å². The zero-order chi connectivity index (χ0) is 17.5. The van der Waals surface area contributed by atoms with Crippen LogP contribution in [-0.4, -0.2) is 28.0 Å². The lowest BCUT2D eigenvalue weighted by Gasteiger charge is -2.08. The van der Waals surface area contributed by atoms with E-state index in [-0.39, 0.29) is 11.6 Å². The van der Waals surface area contributed by atoms with Crippen LogP contribution in [0, 0.1) is 0 Å². The maximum absolute atomic E-state index is 12.4. The number of pyridine rings is 1. The van der Waals surface area contributed by atoms with Crippen molar-refractivity contribution in [1.29, 1.82) is 0 Å². The number of hydrogen-bond donors (Lipinski definition) is 2. The summed E-state index contributed by atoms with van der Waals surface area (Å²) in [5.41, 5.74) is 1.75. The van der Waals surface area contributed by atoms with Crippen LogP contribution >= 0.6 is 0 Å². The van der Waals surface area contributed by atoms with Crippen LogP contribution in [0.2, 0.25) is 0 Å². The number of methoxy groups -OCH3 is 1. The molecule has 0 aliphatic heterocycles. The normalized spacial score (nSPS) is 10.1. The Morgan fingerprint density at radius 3 is 2.80 bits per heavy atom. The van der Waals surface area contributed by atoms with Gasteiger partial charge in [0.15, 0.2) is 0 Å². The highest BCUT2D eigenvalue weighted by Gasteiger charge is 2.10. The Hall–Kier alpha value is -3.48. The zero-order valence-corrected chi connectivity index (χ0v) is 13.6. The van der Waals surface area contributed by atoms with E-state index in [4.69, 9.17) is 4.74 Å². The number of aromatic nitrogens is 3. The third-order valence-corrected chi connectivity index (χ3v) is 3.37. The molecular weight excluding hydrogens is 318 g/mol. The largest absolute Gasteiger partial charge is 0.497 e. The Kier molecular flexibility index (Phi) is 5.16. The van der Waals surface area contributed by atoms with Gasteiger partial charge in [0.25, 0.3) is 5.91 Å². The number of benzene rings is 1. The summed E-state index contributed by atoms with van der Waals surface area (Å²) in [5, 5.41) is 5.84. The second-order valence-electron chi connectivity index (χ2n) is 5.13. The molecule has 0 radical (unpaired) electrons. The van der Waals surface area contributed by atoms with Crippen LogP contribution in [0.4, 0.5) is 11.6 Å². The van der Waals surface area contributed by atoms with Crippen LogP contribution in [0.3, 0.4) is 0 Å². The summed E-state index contributed by atoms with van der Waals surface area (Å²) < 4.78 is 5.14. The van der Waals surface area contributed by atoms with Gasteiger partial charge in [-0.25, -0.2) is 9.97 Å². The molecule has 7 nitrogen and oxygen atoms in total. The number of carbonyl (C=O) groups is 1. The fourth-order valence-electron chi connectivity index (χ4n) is 2.14. The maximum atomic E-state index is 12.4. The molecule has 0 fully saturated rings. The van der Waals surface area contributed by atoms with Gasteiger partial charge in [0.1, 0.15) is 11.4 Å². The topological polar surface area (TPSA) is 89.0 Å². The number of nitrogens with one attached hydrogen (secondary N) is 2. The van der Waals surface area contributed by atoms with Crippen LogP contribution < -0.4 is 15.4 Å². The Balaban J connectivity index is 1.66. The van der Waals surface area contributed by atoms with Gasteiger partial charge in [0.2, 0.25) is 5.95 Å². The summed E-state index contributed by atoms with van der Waals surface area (Å²) >= 11 is 0. The number of amides is 1. The Labute approximate surface area is 145 Å². The average Bonchev–Trinajstić information content (AvgIpc) is 2.67. The lowest BCUT2D eigenvalue weighted by Crippen LogP contribution is -2.15. The Bertz CT molecular complexity index is 855. The molecule has 0 spiro atoms. The average molecular weight is 335 g/mol. The van der Waals surface area contributed by atoms with E-state index in [2.05, 4.69) is 25.6 Å². The summed E-state index contributed by atoms with van der Waals surface area (Å²) in [4.78, 5) is 24.9. The number of rotatable bonds is 6. The van der Waals surface area contributed by atoms with E-state index in [1.807, 2.05) is 18.2 Å². The number of hydrogen-bond acceptors (Lipinski definition) is 6. The van der Waals surface area contributed by atoms with Gasteiger partial charge in [-0.15, -0.1) is 0 Å². The monoisotopic (exact) mass is 335 g/mol. The van der Waals surface area contributed by atoms with Crippen molar-refractivity contribution >= 4 is 17.5 Å². The van der Waals surface area contributed by atoms with Gasteiger partial charge < -0.3 is 15.4 Å². The SMILES string of the molecule is COc1cccc(NC(=O)c2ccnc(NCc3ccccn3)n2)c1. The molecular formula is C18H17N5O2. The van der Waals surface area contributed by atoms with Crippen molar-refractivity contribution in [2.45, 2.75) is 6.54 Å². The fourth-order valence-corrected chi connectivity index (χ4v) is 2.14. The van der Waals surface area contributed by atoms with Crippen LogP contribution in [0.1, 0.15) is 16.2 Å². The summed E-state index contributed by atoms with van der Waals surface area (Å²) in [6, 6.07) is 14.3. The van der Waals surface area contributed by atoms with E-state index in [0.29, 0.717) is 23.9 Å². The van der Waals surface area contributed by atoms with Gasteiger partial charge in [-0.05, 0) is 30.3 Å². The number of ether oxygens (including phenoxy) is 1. The fraction of sp³-hybridized carbons (Fsp3) is 0.111. The molecule has 0 unspecified atom stereocenters. The highest BCUT2D eigenvalue weighted by molar-refractivity contribution is 6.03.